The van der Waals surface area contributed by atoms with Crippen molar-refractivity contribution in [1.29, 1.82) is 0 Å². The molecule has 0 aromatic rings. The first-order chi connectivity index (χ1) is 5.70. The van der Waals surface area contributed by atoms with Gasteiger partial charge >= 0.3 is 0 Å². The minimum Gasteiger partial charge on any atom is -0.750 e. The van der Waals surface area contributed by atoms with Crippen LogP contribution in [0, 0.1) is 5.92 Å². The van der Waals surface area contributed by atoms with E-state index in [0.29, 0.717) is 5.92 Å². The first kappa shape index (κ1) is 10.1. The Bertz CT molecular complexity index is 159. The normalized spacial score (nSPS) is 25.2. The van der Waals surface area contributed by atoms with Crippen molar-refractivity contribution in [3.63, 3.8) is 0 Å². The molecule has 1 N–H and O–H groups in total. The first-order valence-electron chi connectivity index (χ1n) is 4.17. The molecule has 72 valence electrons. The summed E-state index contributed by atoms with van der Waals surface area (Å²) < 4.78 is 25.1. The molecule has 1 aliphatic rings. The second-order valence-electron chi connectivity index (χ2n) is 3.09. The van der Waals surface area contributed by atoms with Gasteiger partial charge in [-0.15, -0.1) is 0 Å². The third-order valence-electron chi connectivity index (χ3n) is 2.28. The van der Waals surface area contributed by atoms with E-state index in [-0.39, 0.29) is 6.10 Å². The fourth-order valence-corrected chi connectivity index (χ4v) is 1.92. The van der Waals surface area contributed by atoms with Gasteiger partial charge in [-0.2, -0.15) is 0 Å². The van der Waals surface area contributed by atoms with E-state index in [0.717, 1.165) is 25.9 Å². The summed E-state index contributed by atoms with van der Waals surface area (Å²) in [6, 6.07) is 0. The predicted octanol–water partition coefficient (Wildman–Crippen LogP) is 0.185. The molecule has 2 unspecified atom stereocenters. The van der Waals surface area contributed by atoms with Gasteiger partial charge in [0.25, 0.3) is 0 Å². The smallest absolute Gasteiger partial charge is 0.0844 e. The molecule has 0 bridgehead atoms. The number of rotatable bonds is 3. The molecule has 1 saturated heterocycles. The van der Waals surface area contributed by atoms with Gasteiger partial charge in [0.05, 0.1) is 17.5 Å². The molecule has 0 aromatic carbocycles. The zero-order chi connectivity index (χ0) is 8.97. The third-order valence-corrected chi connectivity index (χ3v) is 2.74. The van der Waals surface area contributed by atoms with E-state index < -0.39 is 11.4 Å². The van der Waals surface area contributed by atoms with E-state index >= 15 is 0 Å². The lowest BCUT2D eigenvalue weighted by molar-refractivity contribution is 0.130. The molecule has 0 saturated carbocycles. The van der Waals surface area contributed by atoms with Crippen LogP contribution < -0.4 is 5.32 Å². The molecule has 12 heavy (non-hydrogen) atoms. The maximum absolute atomic E-state index is 10.2. The van der Waals surface area contributed by atoms with Crippen LogP contribution in [0.15, 0.2) is 0 Å². The molecule has 1 rings (SSSR count). The highest BCUT2D eigenvalue weighted by Crippen LogP contribution is 2.18. The predicted molar refractivity (Wildman–Crippen MR) is 45.1 cm³/mol. The third kappa shape index (κ3) is 3.18. The van der Waals surface area contributed by atoms with E-state index in [1.807, 2.05) is 6.92 Å². The molecule has 0 aliphatic carbocycles. The molecule has 5 heteroatoms. The maximum Gasteiger partial charge on any atom is 0.0844 e. The highest BCUT2D eigenvalue weighted by atomic mass is 32.2. The standard InChI is InChI=1S/C7H15NO3S/c1-6(11-12(9)10)7-2-4-8-5-3-7/h6-8H,2-5H2,1H3,(H,9,10)/p-1. The van der Waals surface area contributed by atoms with E-state index in [9.17, 15) is 8.76 Å². The van der Waals surface area contributed by atoms with Crippen LogP contribution in [0.3, 0.4) is 0 Å². The summed E-state index contributed by atoms with van der Waals surface area (Å²) in [5.41, 5.74) is 0. The summed E-state index contributed by atoms with van der Waals surface area (Å²) in [6.45, 7) is 3.74. The Labute approximate surface area is 75.2 Å². The summed E-state index contributed by atoms with van der Waals surface area (Å²) >= 11 is -2.37. The molecule has 0 aromatic heterocycles. The Balaban J connectivity index is 2.29. The van der Waals surface area contributed by atoms with E-state index in [2.05, 4.69) is 9.50 Å². The molecule has 1 aliphatic heterocycles. The summed E-state index contributed by atoms with van der Waals surface area (Å²) in [4.78, 5) is 0. The van der Waals surface area contributed by atoms with Crippen LogP contribution in [0.1, 0.15) is 19.8 Å². The van der Waals surface area contributed by atoms with Gasteiger partial charge in [0, 0.05) is 0 Å². The van der Waals surface area contributed by atoms with Gasteiger partial charge in [0.1, 0.15) is 0 Å². The fourth-order valence-electron chi connectivity index (χ4n) is 1.52. The number of hydrogen-bond donors (Lipinski definition) is 1. The van der Waals surface area contributed by atoms with Crippen LogP contribution in [0.4, 0.5) is 0 Å². The van der Waals surface area contributed by atoms with Crippen molar-refractivity contribution in [1.82, 2.24) is 5.32 Å². The molecule has 0 spiro atoms. The molecular weight excluding hydrogens is 178 g/mol. The molecule has 1 heterocycles. The summed E-state index contributed by atoms with van der Waals surface area (Å²) in [5.74, 6) is 0.379. The summed E-state index contributed by atoms with van der Waals surface area (Å²) in [7, 11) is 0. The minimum atomic E-state index is -2.37. The van der Waals surface area contributed by atoms with Crippen molar-refractivity contribution in [2.24, 2.45) is 5.92 Å². The highest BCUT2D eigenvalue weighted by Gasteiger charge is 2.20. The van der Waals surface area contributed by atoms with Gasteiger partial charge < -0.3 is 9.87 Å². The number of nitrogens with one attached hydrogen (secondary N) is 1. The van der Waals surface area contributed by atoms with Gasteiger partial charge in [0.2, 0.25) is 0 Å². The second-order valence-corrected chi connectivity index (χ2v) is 3.69. The summed E-state index contributed by atoms with van der Waals surface area (Å²) in [5, 5.41) is 3.21. The van der Waals surface area contributed by atoms with Gasteiger partial charge in [-0.05, 0) is 38.8 Å². The van der Waals surface area contributed by atoms with Gasteiger partial charge in [0.15, 0.2) is 0 Å². The lowest BCUT2D eigenvalue weighted by Gasteiger charge is -2.28. The van der Waals surface area contributed by atoms with Crippen LogP contribution in [0.25, 0.3) is 0 Å². The van der Waals surface area contributed by atoms with Crippen LogP contribution in [-0.4, -0.2) is 28.0 Å². The van der Waals surface area contributed by atoms with E-state index in [4.69, 9.17) is 0 Å². The quantitative estimate of drug-likeness (QED) is 0.648. The number of piperidine rings is 1. The Hall–Kier alpha value is 0.0300. The van der Waals surface area contributed by atoms with Crippen molar-refractivity contribution in [3.8, 4) is 0 Å². The van der Waals surface area contributed by atoms with Gasteiger partial charge in [-0.25, -0.2) is 4.21 Å². The Morgan fingerprint density at radius 3 is 2.67 bits per heavy atom. The monoisotopic (exact) mass is 192 g/mol. The maximum atomic E-state index is 10.2. The molecule has 1 fully saturated rings. The van der Waals surface area contributed by atoms with Gasteiger partial charge in [-0.1, -0.05) is 0 Å². The molecular formula is C7H14NO3S-. The van der Waals surface area contributed by atoms with Crippen LogP contribution in [0.5, 0.6) is 0 Å². The SMILES string of the molecule is CC(OS(=O)[O-])C1CCNCC1. The highest BCUT2D eigenvalue weighted by molar-refractivity contribution is 7.74. The van der Waals surface area contributed by atoms with E-state index in [1.54, 1.807) is 0 Å². The van der Waals surface area contributed by atoms with Crippen LogP contribution >= 0.6 is 0 Å². The lowest BCUT2D eigenvalue weighted by Crippen LogP contribution is -2.34. The molecule has 4 nitrogen and oxygen atoms in total. The largest absolute Gasteiger partial charge is 0.750 e. The Kier molecular flexibility index (Phi) is 4.14. The van der Waals surface area contributed by atoms with Crippen molar-refractivity contribution in [2.75, 3.05) is 13.1 Å². The number of hydrogen-bond acceptors (Lipinski definition) is 4. The topological polar surface area (TPSA) is 61.4 Å². The Morgan fingerprint density at radius 1 is 1.58 bits per heavy atom. The van der Waals surface area contributed by atoms with Gasteiger partial charge in [-0.3, -0.25) is 4.18 Å². The zero-order valence-corrected chi connectivity index (χ0v) is 7.93. The van der Waals surface area contributed by atoms with Crippen LogP contribution in [0.2, 0.25) is 0 Å². The zero-order valence-electron chi connectivity index (χ0n) is 7.12. The molecule has 2 atom stereocenters. The fraction of sp³-hybridized carbons (Fsp3) is 1.00. The van der Waals surface area contributed by atoms with Crippen molar-refractivity contribution in [2.45, 2.75) is 25.9 Å². The summed E-state index contributed by atoms with van der Waals surface area (Å²) in [6.07, 6.45) is 1.82. The second kappa shape index (κ2) is 4.91. The molecule has 0 radical (unpaired) electrons. The molecule has 0 amide bonds. The first-order valence-corrected chi connectivity index (χ1v) is 5.17. The van der Waals surface area contributed by atoms with Crippen LogP contribution in [-0.2, 0) is 15.5 Å². The van der Waals surface area contributed by atoms with Crippen molar-refractivity contribution in [3.05, 3.63) is 0 Å². The van der Waals surface area contributed by atoms with Crippen molar-refractivity contribution < 1.29 is 12.9 Å². The average molecular weight is 192 g/mol. The van der Waals surface area contributed by atoms with E-state index in [1.165, 1.54) is 0 Å². The minimum absolute atomic E-state index is 0.176. The lowest BCUT2D eigenvalue weighted by atomic mass is 9.93. The van der Waals surface area contributed by atoms with Crippen molar-refractivity contribution >= 4 is 11.4 Å². The average Bonchev–Trinajstić information content (AvgIpc) is 2.05. The Morgan fingerprint density at radius 2 is 2.17 bits per heavy atom.